The van der Waals surface area contributed by atoms with E-state index >= 15 is 0 Å². The van der Waals surface area contributed by atoms with Crippen molar-refractivity contribution in [3.05, 3.63) is 58.3 Å². The van der Waals surface area contributed by atoms with Gasteiger partial charge in [0.25, 0.3) is 5.91 Å². The lowest BCUT2D eigenvalue weighted by molar-refractivity contribution is 0.0998. The number of benzene rings is 1. The van der Waals surface area contributed by atoms with Crippen molar-refractivity contribution in [2.24, 2.45) is 5.73 Å². The monoisotopic (exact) mass is 337 g/mol. The number of aromatic hydroxyl groups is 1. The predicted molar refractivity (Wildman–Crippen MR) is 89.9 cm³/mol. The van der Waals surface area contributed by atoms with Crippen LogP contribution in [0.2, 0.25) is 0 Å². The molecule has 3 aromatic rings. The highest BCUT2D eigenvalue weighted by atomic mass is 32.1. The number of nitriles is 1. The molecular weight excluding hydrogens is 326 g/mol. The largest absolute Gasteiger partial charge is 0.507 e. The number of aromatic nitrogens is 1. The number of amides is 1. The molecule has 2 heterocycles. The summed E-state index contributed by atoms with van der Waals surface area (Å²) in [6.07, 6.45) is 3.13. The van der Waals surface area contributed by atoms with Gasteiger partial charge in [-0.25, -0.2) is 4.98 Å². The van der Waals surface area contributed by atoms with E-state index in [1.54, 1.807) is 29.7 Å². The molecule has 3 rings (SSSR count). The second kappa shape index (κ2) is 6.40. The van der Waals surface area contributed by atoms with Gasteiger partial charge < -0.3 is 15.3 Å². The van der Waals surface area contributed by atoms with Crippen molar-refractivity contribution in [2.45, 2.75) is 0 Å². The van der Waals surface area contributed by atoms with Gasteiger partial charge in [0.15, 0.2) is 0 Å². The summed E-state index contributed by atoms with van der Waals surface area (Å²) < 4.78 is 5.20. The summed E-state index contributed by atoms with van der Waals surface area (Å²) in [5.41, 5.74) is 6.83. The maximum atomic E-state index is 11.3. The maximum absolute atomic E-state index is 11.3. The van der Waals surface area contributed by atoms with Crippen LogP contribution in [-0.4, -0.2) is 16.0 Å². The fraction of sp³-hybridized carbons (Fsp3) is 0. The minimum Gasteiger partial charge on any atom is -0.507 e. The molecule has 24 heavy (non-hydrogen) atoms. The van der Waals surface area contributed by atoms with E-state index in [0.29, 0.717) is 27.6 Å². The number of primary amides is 1. The molecule has 7 heteroatoms. The van der Waals surface area contributed by atoms with Crippen molar-refractivity contribution in [3.8, 4) is 23.1 Å². The number of hydrogen-bond donors (Lipinski definition) is 2. The van der Waals surface area contributed by atoms with Gasteiger partial charge in [0.1, 0.15) is 22.6 Å². The average molecular weight is 337 g/mol. The molecule has 118 valence electrons. The minimum absolute atomic E-state index is 0.0219. The number of carbonyl (C=O) groups excluding carboxylic acids is 1. The molecule has 0 radical (unpaired) electrons. The molecule has 2 aromatic heterocycles. The summed E-state index contributed by atoms with van der Waals surface area (Å²) in [5, 5.41) is 21.3. The van der Waals surface area contributed by atoms with E-state index in [1.807, 2.05) is 0 Å². The Morgan fingerprint density at radius 2 is 2.25 bits per heavy atom. The van der Waals surface area contributed by atoms with Gasteiger partial charge in [0, 0.05) is 17.0 Å². The van der Waals surface area contributed by atoms with Crippen LogP contribution in [0.5, 0.6) is 5.75 Å². The zero-order valence-corrected chi connectivity index (χ0v) is 13.1. The minimum atomic E-state index is -0.722. The first-order valence-corrected chi connectivity index (χ1v) is 7.71. The zero-order valence-electron chi connectivity index (χ0n) is 12.3. The fourth-order valence-electron chi connectivity index (χ4n) is 2.08. The van der Waals surface area contributed by atoms with Crippen molar-refractivity contribution in [1.82, 2.24) is 4.98 Å². The SMILES string of the molecule is N#C/C(=C\c1ccco1)c1nc(-c2ccc(O)c(C(N)=O)c2)cs1. The van der Waals surface area contributed by atoms with Crippen LogP contribution in [0.25, 0.3) is 22.9 Å². The van der Waals surface area contributed by atoms with Crippen LogP contribution >= 0.6 is 11.3 Å². The molecule has 1 amide bonds. The van der Waals surface area contributed by atoms with Gasteiger partial charge in [-0.05, 0) is 30.3 Å². The van der Waals surface area contributed by atoms with Crippen LogP contribution < -0.4 is 5.73 Å². The summed E-state index contributed by atoms with van der Waals surface area (Å²) in [6, 6.07) is 10.1. The van der Waals surface area contributed by atoms with Crippen molar-refractivity contribution >= 4 is 28.9 Å². The van der Waals surface area contributed by atoms with E-state index in [4.69, 9.17) is 10.2 Å². The first kappa shape index (κ1) is 15.5. The molecule has 0 fully saturated rings. The molecule has 0 bridgehead atoms. The summed E-state index contributed by atoms with van der Waals surface area (Å²) in [7, 11) is 0. The van der Waals surface area contributed by atoms with Crippen molar-refractivity contribution < 1.29 is 14.3 Å². The third-order valence-corrected chi connectivity index (χ3v) is 4.12. The summed E-state index contributed by atoms with van der Waals surface area (Å²) in [4.78, 5) is 15.7. The lowest BCUT2D eigenvalue weighted by Gasteiger charge is -2.02. The Balaban J connectivity index is 1.98. The lowest BCUT2D eigenvalue weighted by atomic mass is 10.1. The van der Waals surface area contributed by atoms with Crippen LogP contribution in [0.15, 0.2) is 46.4 Å². The first-order valence-electron chi connectivity index (χ1n) is 6.83. The molecule has 0 unspecified atom stereocenters. The topological polar surface area (TPSA) is 113 Å². The van der Waals surface area contributed by atoms with Gasteiger partial charge in [-0.1, -0.05) is 0 Å². The van der Waals surface area contributed by atoms with Crippen molar-refractivity contribution in [1.29, 1.82) is 5.26 Å². The second-order valence-corrected chi connectivity index (χ2v) is 5.68. The highest BCUT2D eigenvalue weighted by Crippen LogP contribution is 2.29. The fourth-order valence-corrected chi connectivity index (χ4v) is 2.87. The van der Waals surface area contributed by atoms with Crippen LogP contribution in [0.4, 0.5) is 0 Å². The van der Waals surface area contributed by atoms with E-state index < -0.39 is 5.91 Å². The van der Waals surface area contributed by atoms with Crippen LogP contribution in [0, 0.1) is 11.3 Å². The number of nitrogens with zero attached hydrogens (tertiary/aromatic N) is 2. The maximum Gasteiger partial charge on any atom is 0.252 e. The molecule has 1 aromatic carbocycles. The van der Waals surface area contributed by atoms with Gasteiger partial charge >= 0.3 is 0 Å². The number of carbonyl (C=O) groups is 1. The number of allylic oxidation sites excluding steroid dienone is 1. The van der Waals surface area contributed by atoms with Crippen LogP contribution in [0.1, 0.15) is 21.1 Å². The number of thiazole rings is 1. The number of nitrogens with two attached hydrogens (primary N) is 1. The van der Waals surface area contributed by atoms with Crippen LogP contribution in [0.3, 0.4) is 0 Å². The lowest BCUT2D eigenvalue weighted by Crippen LogP contribution is -2.11. The van der Waals surface area contributed by atoms with E-state index in [1.165, 1.54) is 29.7 Å². The average Bonchev–Trinajstić information content (AvgIpc) is 3.24. The zero-order chi connectivity index (χ0) is 17.1. The van der Waals surface area contributed by atoms with E-state index in [0.717, 1.165) is 0 Å². The summed E-state index contributed by atoms with van der Waals surface area (Å²) >= 11 is 1.30. The normalized spacial score (nSPS) is 11.2. The molecule has 0 aliphatic heterocycles. The van der Waals surface area contributed by atoms with E-state index in [9.17, 15) is 15.2 Å². The third-order valence-electron chi connectivity index (χ3n) is 3.24. The second-order valence-electron chi connectivity index (χ2n) is 4.82. The Morgan fingerprint density at radius 1 is 1.42 bits per heavy atom. The van der Waals surface area contributed by atoms with Crippen LogP contribution in [-0.2, 0) is 0 Å². The predicted octanol–water partition coefficient (Wildman–Crippen LogP) is 3.27. The Morgan fingerprint density at radius 3 is 2.92 bits per heavy atom. The summed E-state index contributed by atoms with van der Waals surface area (Å²) in [5.74, 6) is -0.346. The summed E-state index contributed by atoms with van der Waals surface area (Å²) in [6.45, 7) is 0. The van der Waals surface area contributed by atoms with Crippen molar-refractivity contribution in [2.75, 3.05) is 0 Å². The highest BCUT2D eigenvalue weighted by Gasteiger charge is 2.13. The Kier molecular flexibility index (Phi) is 4.14. The molecule has 3 N–H and O–H groups in total. The van der Waals surface area contributed by atoms with E-state index in [2.05, 4.69) is 11.1 Å². The highest BCUT2D eigenvalue weighted by molar-refractivity contribution is 7.11. The van der Waals surface area contributed by atoms with Gasteiger partial charge in [0.2, 0.25) is 0 Å². The van der Waals surface area contributed by atoms with Gasteiger partial charge in [0.05, 0.1) is 23.1 Å². The molecule has 0 aliphatic carbocycles. The van der Waals surface area contributed by atoms with Gasteiger partial charge in [-0.3, -0.25) is 4.79 Å². The van der Waals surface area contributed by atoms with Crippen molar-refractivity contribution in [3.63, 3.8) is 0 Å². The molecule has 0 saturated heterocycles. The van der Waals surface area contributed by atoms with Gasteiger partial charge in [-0.2, -0.15) is 5.26 Å². The first-order chi connectivity index (χ1) is 11.6. The molecule has 0 saturated carbocycles. The number of rotatable bonds is 4. The smallest absolute Gasteiger partial charge is 0.252 e. The Labute approximate surface area is 141 Å². The Hall–Kier alpha value is -3.37. The molecular formula is C17H11N3O3S. The quantitative estimate of drug-likeness (QED) is 0.709. The Bertz CT molecular complexity index is 965. The molecule has 6 nitrogen and oxygen atoms in total. The third kappa shape index (κ3) is 3.04. The standard InChI is InChI=1S/C17H11N3O3S/c18-8-11(6-12-2-1-5-23-12)17-20-14(9-24-17)10-3-4-15(21)13(7-10)16(19)22/h1-7,9,21H,(H2,19,22)/b11-6+. The molecule has 0 spiro atoms. The van der Waals surface area contributed by atoms with E-state index in [-0.39, 0.29) is 11.3 Å². The number of furan rings is 1. The van der Waals surface area contributed by atoms with Gasteiger partial charge in [-0.15, -0.1) is 11.3 Å². The molecule has 0 atom stereocenters. The number of hydrogen-bond acceptors (Lipinski definition) is 6. The molecule has 0 aliphatic rings. The number of phenols is 1.